The Kier molecular flexibility index (Phi) is 7.35. The first-order chi connectivity index (χ1) is 15.4. The number of ether oxygens (including phenoxy) is 2. The van der Waals surface area contributed by atoms with Gasteiger partial charge in [0.25, 0.3) is 0 Å². The van der Waals surface area contributed by atoms with E-state index in [0.717, 1.165) is 51.0 Å². The Balaban J connectivity index is 1.57. The molecule has 1 N–H and O–H groups in total. The molecule has 1 fully saturated rings. The lowest BCUT2D eigenvalue weighted by molar-refractivity contribution is 0.0494. The maximum Gasteiger partial charge on any atom is 0.180 e. The van der Waals surface area contributed by atoms with Crippen LogP contribution in [-0.4, -0.2) is 35.0 Å². The lowest BCUT2D eigenvalue weighted by Gasteiger charge is -2.43. The fourth-order valence-electron chi connectivity index (χ4n) is 4.59. The molecule has 0 aliphatic carbocycles. The van der Waals surface area contributed by atoms with E-state index in [0.29, 0.717) is 28.7 Å². The topological polar surface area (TPSA) is 65.0 Å². The van der Waals surface area contributed by atoms with E-state index in [-0.39, 0.29) is 12.1 Å². The van der Waals surface area contributed by atoms with Gasteiger partial charge in [-0.25, -0.2) is 0 Å². The van der Waals surface area contributed by atoms with Crippen molar-refractivity contribution in [3.8, 4) is 5.75 Å². The van der Waals surface area contributed by atoms with Gasteiger partial charge in [-0.1, -0.05) is 19.1 Å². The van der Waals surface area contributed by atoms with Crippen molar-refractivity contribution in [3.05, 3.63) is 53.1 Å². The Morgan fingerprint density at radius 2 is 1.97 bits per heavy atom. The van der Waals surface area contributed by atoms with Gasteiger partial charge < -0.3 is 19.1 Å². The smallest absolute Gasteiger partial charge is 0.180 e. The molecule has 174 valence electrons. The molecule has 2 heterocycles. The van der Waals surface area contributed by atoms with Gasteiger partial charge in [0.1, 0.15) is 17.1 Å². The Morgan fingerprint density at radius 1 is 1.19 bits per heavy atom. The average Bonchev–Trinajstić information content (AvgIpc) is 2.82. The summed E-state index contributed by atoms with van der Waals surface area (Å²) in [5.41, 5.74) is 4.06. The molecule has 0 spiro atoms. The van der Waals surface area contributed by atoms with Gasteiger partial charge in [-0.05, 0) is 81.2 Å². The van der Waals surface area contributed by atoms with Crippen LogP contribution in [0.2, 0.25) is 0 Å². The quantitative estimate of drug-likeness (QED) is 0.605. The minimum atomic E-state index is -1.39. The van der Waals surface area contributed by atoms with Gasteiger partial charge in [0.2, 0.25) is 0 Å². The van der Waals surface area contributed by atoms with E-state index in [4.69, 9.17) is 9.47 Å². The van der Waals surface area contributed by atoms with Crippen molar-refractivity contribution in [2.75, 3.05) is 24.1 Å². The van der Waals surface area contributed by atoms with Crippen molar-refractivity contribution >= 4 is 17.0 Å². The number of hydrogen-bond donors (Lipinski definition) is 1. The molecular formula is C26H35NO4S. The molecule has 0 radical (unpaired) electrons. The maximum absolute atomic E-state index is 13.8. The number of aliphatic hydroxyl groups excluding tert-OH is 1. The monoisotopic (exact) mass is 457 g/mol. The lowest BCUT2D eigenvalue weighted by atomic mass is 9.88. The van der Waals surface area contributed by atoms with Gasteiger partial charge >= 0.3 is 0 Å². The van der Waals surface area contributed by atoms with Crippen LogP contribution in [0, 0.1) is 5.92 Å². The molecule has 2 aromatic rings. The van der Waals surface area contributed by atoms with E-state index in [1.54, 1.807) is 0 Å². The third-order valence-electron chi connectivity index (χ3n) is 6.71. The fourth-order valence-corrected chi connectivity index (χ4v) is 6.13. The van der Waals surface area contributed by atoms with E-state index < -0.39 is 11.4 Å². The summed E-state index contributed by atoms with van der Waals surface area (Å²) >= 11 is -1.39. The molecule has 5 nitrogen and oxygen atoms in total. The Morgan fingerprint density at radius 3 is 2.69 bits per heavy atom. The summed E-state index contributed by atoms with van der Waals surface area (Å²) in [6.45, 7) is 8.50. The van der Waals surface area contributed by atoms with Gasteiger partial charge in [-0.15, -0.1) is 0 Å². The standard InChI is InChI=1S/C26H35NO4S/c1-4-19-5-7-24-21(15-19)9-12-26(2,3)27(24)32(29)23-6-8-25(22(16-23)17-28)31-18-20-10-13-30-14-11-20/h5-8,15-16,20,28H,4,9-14,17-18H2,1-3H3. The van der Waals surface area contributed by atoms with Gasteiger partial charge in [-0.3, -0.25) is 0 Å². The Bertz CT molecular complexity index is 926. The highest BCUT2D eigenvalue weighted by atomic mass is 32.2. The first-order valence-electron chi connectivity index (χ1n) is 11.7. The molecule has 2 aliphatic rings. The van der Waals surface area contributed by atoms with Gasteiger partial charge in [0.15, 0.2) is 4.90 Å². The number of hydrogen-bond acceptors (Lipinski definition) is 5. The van der Waals surface area contributed by atoms with Crippen LogP contribution in [0.4, 0.5) is 5.69 Å². The van der Waals surface area contributed by atoms with E-state index in [1.807, 2.05) is 22.5 Å². The van der Waals surface area contributed by atoms with Crippen LogP contribution in [0.5, 0.6) is 5.75 Å². The number of anilines is 1. The molecule has 6 heteroatoms. The largest absolute Gasteiger partial charge is 0.588 e. The number of aliphatic hydroxyl groups is 1. The van der Waals surface area contributed by atoms with Crippen LogP contribution in [0.15, 0.2) is 41.3 Å². The van der Waals surface area contributed by atoms with Gasteiger partial charge in [0.05, 0.1) is 24.4 Å². The second-order valence-electron chi connectivity index (χ2n) is 9.47. The predicted octanol–water partition coefficient (Wildman–Crippen LogP) is 4.80. The number of nitrogens with zero attached hydrogens (tertiary/aromatic N) is 1. The molecule has 0 aromatic heterocycles. The summed E-state index contributed by atoms with van der Waals surface area (Å²) in [4.78, 5) is 0.688. The average molecular weight is 458 g/mol. The molecule has 1 atom stereocenters. The third kappa shape index (κ3) is 4.93. The highest BCUT2D eigenvalue weighted by molar-refractivity contribution is 7.93. The SMILES string of the molecule is CCc1ccc2c(c1)CCC(C)(C)N2[S+]([O-])c1ccc(OCC2CCOCC2)c(CO)c1. The third-order valence-corrected chi connectivity index (χ3v) is 8.39. The van der Waals surface area contributed by atoms with Crippen LogP contribution < -0.4 is 9.04 Å². The second-order valence-corrected chi connectivity index (χ2v) is 10.8. The van der Waals surface area contributed by atoms with Crippen molar-refractivity contribution in [2.24, 2.45) is 5.92 Å². The molecule has 1 unspecified atom stereocenters. The Hall–Kier alpha value is -1.73. The Labute approximate surface area is 195 Å². The van der Waals surface area contributed by atoms with E-state index in [2.05, 4.69) is 39.0 Å². The van der Waals surface area contributed by atoms with Gasteiger partial charge in [0, 0.05) is 24.8 Å². The highest BCUT2D eigenvalue weighted by Gasteiger charge is 2.41. The minimum absolute atomic E-state index is 0.145. The summed E-state index contributed by atoms with van der Waals surface area (Å²) < 4.78 is 27.3. The summed E-state index contributed by atoms with van der Waals surface area (Å²) in [6, 6.07) is 12.1. The molecule has 0 bridgehead atoms. The number of benzene rings is 2. The summed E-state index contributed by atoms with van der Waals surface area (Å²) in [7, 11) is 0. The first kappa shape index (κ1) is 23.4. The zero-order valence-corrected chi connectivity index (χ0v) is 20.2. The van der Waals surface area contributed by atoms with Crippen LogP contribution in [-0.2, 0) is 35.5 Å². The molecule has 0 saturated carbocycles. The molecule has 1 saturated heterocycles. The lowest BCUT2D eigenvalue weighted by Crippen LogP contribution is -2.50. The first-order valence-corrected chi connectivity index (χ1v) is 12.8. The van der Waals surface area contributed by atoms with E-state index in [1.165, 1.54) is 11.1 Å². The van der Waals surface area contributed by atoms with Crippen molar-refractivity contribution in [1.29, 1.82) is 0 Å². The van der Waals surface area contributed by atoms with Crippen molar-refractivity contribution < 1.29 is 19.1 Å². The fraction of sp³-hybridized carbons (Fsp3) is 0.538. The van der Waals surface area contributed by atoms with Crippen molar-refractivity contribution in [1.82, 2.24) is 0 Å². The minimum Gasteiger partial charge on any atom is -0.588 e. The summed E-state index contributed by atoms with van der Waals surface area (Å²) in [6.07, 6.45) is 4.93. The number of aryl methyl sites for hydroxylation is 2. The van der Waals surface area contributed by atoms with Crippen molar-refractivity contribution in [2.45, 2.75) is 69.9 Å². The van der Waals surface area contributed by atoms with Crippen molar-refractivity contribution in [3.63, 3.8) is 0 Å². The molecule has 32 heavy (non-hydrogen) atoms. The summed E-state index contributed by atoms with van der Waals surface area (Å²) in [5.74, 6) is 1.15. The van der Waals surface area contributed by atoms with E-state index in [9.17, 15) is 9.66 Å². The number of fused-ring (bicyclic) bond motifs is 1. The predicted molar refractivity (Wildman–Crippen MR) is 129 cm³/mol. The molecule has 2 aliphatic heterocycles. The number of rotatable bonds is 7. The van der Waals surface area contributed by atoms with E-state index >= 15 is 0 Å². The zero-order chi connectivity index (χ0) is 22.7. The van der Waals surface area contributed by atoms with Crippen LogP contribution in [0.1, 0.15) is 56.7 Å². The highest BCUT2D eigenvalue weighted by Crippen LogP contribution is 2.41. The van der Waals surface area contributed by atoms with Crippen LogP contribution >= 0.6 is 0 Å². The molecular weight excluding hydrogens is 422 g/mol. The van der Waals surface area contributed by atoms with Crippen LogP contribution in [0.3, 0.4) is 0 Å². The molecule has 4 rings (SSSR count). The van der Waals surface area contributed by atoms with Gasteiger partial charge in [-0.2, -0.15) is 4.31 Å². The normalized spacial score (nSPS) is 19.5. The summed E-state index contributed by atoms with van der Waals surface area (Å²) in [5, 5.41) is 9.98. The maximum atomic E-state index is 13.8. The zero-order valence-electron chi connectivity index (χ0n) is 19.4. The second kappa shape index (κ2) is 10.0. The molecule has 2 aromatic carbocycles. The van der Waals surface area contributed by atoms with Crippen LogP contribution in [0.25, 0.3) is 0 Å². The molecule has 0 amide bonds.